The van der Waals surface area contributed by atoms with Crippen molar-refractivity contribution < 1.29 is 5.11 Å². The van der Waals surface area contributed by atoms with Gasteiger partial charge >= 0.3 is 0 Å². The molecule has 0 bridgehead atoms. The van der Waals surface area contributed by atoms with Crippen LogP contribution in [0, 0.1) is 5.92 Å². The minimum atomic E-state index is -0.265. The molecule has 0 saturated heterocycles. The quantitative estimate of drug-likeness (QED) is 0.738. The average Bonchev–Trinajstić information content (AvgIpc) is 2.75. The van der Waals surface area contributed by atoms with Crippen molar-refractivity contribution >= 4 is 0 Å². The molecule has 0 spiro atoms. The van der Waals surface area contributed by atoms with Crippen molar-refractivity contribution in [1.29, 1.82) is 0 Å². The number of aliphatic hydroxyl groups excluding tert-OH is 1. The van der Waals surface area contributed by atoms with Crippen LogP contribution in [0.4, 0.5) is 0 Å². The van der Waals surface area contributed by atoms with Gasteiger partial charge in [-0.05, 0) is 23.5 Å². The van der Waals surface area contributed by atoms with E-state index >= 15 is 0 Å². The Bertz CT molecular complexity index is 403. The summed E-state index contributed by atoms with van der Waals surface area (Å²) < 4.78 is 0. The molecule has 1 aliphatic carbocycles. The Labute approximate surface area is 116 Å². The third kappa shape index (κ3) is 3.16. The minimum absolute atomic E-state index is 0.124. The first-order valence-electron chi connectivity index (χ1n) is 7.43. The Kier molecular flexibility index (Phi) is 4.97. The van der Waals surface area contributed by atoms with Gasteiger partial charge in [-0.15, -0.1) is 0 Å². The molecule has 0 aromatic heterocycles. The number of aliphatic hydroxyl groups is 1. The summed E-state index contributed by atoms with van der Waals surface area (Å²) in [5.74, 6) is 0.387. The van der Waals surface area contributed by atoms with E-state index in [9.17, 15) is 5.11 Å². The van der Waals surface area contributed by atoms with Crippen molar-refractivity contribution in [2.75, 3.05) is 6.54 Å². The van der Waals surface area contributed by atoms with Gasteiger partial charge in [0, 0.05) is 18.6 Å². The van der Waals surface area contributed by atoms with E-state index in [4.69, 9.17) is 5.73 Å². The molecule has 0 amide bonds. The Morgan fingerprint density at radius 3 is 2.53 bits per heavy atom. The second-order valence-electron chi connectivity index (χ2n) is 5.58. The van der Waals surface area contributed by atoms with Crippen molar-refractivity contribution in [1.82, 2.24) is 5.32 Å². The van der Waals surface area contributed by atoms with Crippen molar-refractivity contribution in [3.63, 3.8) is 0 Å². The van der Waals surface area contributed by atoms with Crippen LogP contribution in [0.25, 0.3) is 0 Å². The van der Waals surface area contributed by atoms with Gasteiger partial charge in [-0.25, -0.2) is 0 Å². The van der Waals surface area contributed by atoms with Gasteiger partial charge in [-0.3, -0.25) is 0 Å². The lowest BCUT2D eigenvalue weighted by Crippen LogP contribution is -2.34. The van der Waals surface area contributed by atoms with Crippen LogP contribution >= 0.6 is 0 Å². The highest BCUT2D eigenvalue weighted by Gasteiger charge is 2.28. The average molecular weight is 262 g/mol. The fourth-order valence-electron chi connectivity index (χ4n) is 3.13. The van der Waals surface area contributed by atoms with Gasteiger partial charge in [-0.2, -0.15) is 0 Å². The summed E-state index contributed by atoms with van der Waals surface area (Å²) in [5.41, 5.74) is 8.70. The number of nitrogens with one attached hydrogen (secondary N) is 1. The Morgan fingerprint density at radius 1 is 1.26 bits per heavy atom. The second kappa shape index (κ2) is 6.51. The molecule has 0 heterocycles. The third-order valence-corrected chi connectivity index (χ3v) is 4.43. The van der Waals surface area contributed by atoms with Crippen molar-refractivity contribution in [2.45, 2.75) is 51.3 Å². The van der Waals surface area contributed by atoms with Crippen molar-refractivity contribution in [3.8, 4) is 0 Å². The zero-order valence-corrected chi connectivity index (χ0v) is 12.0. The Hall–Kier alpha value is -0.900. The van der Waals surface area contributed by atoms with Gasteiger partial charge in [0.1, 0.15) is 0 Å². The Balaban J connectivity index is 1.95. The molecule has 3 heteroatoms. The maximum atomic E-state index is 10.2. The molecule has 2 rings (SSSR count). The van der Waals surface area contributed by atoms with E-state index in [1.807, 2.05) is 6.07 Å². The monoisotopic (exact) mass is 262 g/mol. The molecule has 3 nitrogen and oxygen atoms in total. The van der Waals surface area contributed by atoms with Crippen molar-refractivity contribution in [3.05, 3.63) is 35.4 Å². The molecular formula is C16H26N2O. The zero-order valence-electron chi connectivity index (χ0n) is 12.0. The number of hydrogen-bond acceptors (Lipinski definition) is 3. The summed E-state index contributed by atoms with van der Waals surface area (Å²) in [6.07, 6.45) is 2.72. The van der Waals surface area contributed by atoms with E-state index in [0.29, 0.717) is 12.5 Å². The summed E-state index contributed by atoms with van der Waals surface area (Å²) in [6.45, 7) is 4.93. The van der Waals surface area contributed by atoms with Crippen LogP contribution in [0.2, 0.25) is 0 Å². The van der Waals surface area contributed by atoms with Gasteiger partial charge in [0.05, 0.1) is 6.10 Å². The van der Waals surface area contributed by atoms with E-state index in [2.05, 4.69) is 37.4 Å². The summed E-state index contributed by atoms with van der Waals surface area (Å²) in [7, 11) is 0. The summed E-state index contributed by atoms with van der Waals surface area (Å²) in [6, 6.07) is 8.76. The molecule has 3 unspecified atom stereocenters. The predicted molar refractivity (Wildman–Crippen MR) is 78.8 cm³/mol. The molecule has 3 atom stereocenters. The lowest BCUT2D eigenvalue weighted by Gasteiger charge is -2.23. The van der Waals surface area contributed by atoms with Crippen LogP contribution in [-0.2, 0) is 0 Å². The fourth-order valence-corrected chi connectivity index (χ4v) is 3.13. The molecule has 1 aromatic carbocycles. The standard InChI is InChI=1S/C16H26N2O/c1-3-11(4-2)16(19)10-18-15-9-14(17)12-7-5-6-8-13(12)15/h5-8,11,14-16,18-19H,3-4,9-10,17H2,1-2H3. The topological polar surface area (TPSA) is 58.3 Å². The first-order chi connectivity index (χ1) is 9.17. The van der Waals surface area contributed by atoms with Crippen LogP contribution < -0.4 is 11.1 Å². The first-order valence-corrected chi connectivity index (χ1v) is 7.43. The number of hydrogen-bond donors (Lipinski definition) is 3. The summed E-state index contributed by atoms with van der Waals surface area (Å²) >= 11 is 0. The number of benzene rings is 1. The maximum absolute atomic E-state index is 10.2. The van der Waals surface area contributed by atoms with Gasteiger partial charge in [0.15, 0.2) is 0 Å². The lowest BCUT2D eigenvalue weighted by atomic mass is 9.96. The van der Waals surface area contributed by atoms with Crippen LogP contribution in [0.3, 0.4) is 0 Å². The lowest BCUT2D eigenvalue weighted by molar-refractivity contribution is 0.0981. The largest absolute Gasteiger partial charge is 0.392 e. The predicted octanol–water partition coefficient (Wildman–Crippen LogP) is 2.52. The van der Waals surface area contributed by atoms with Gasteiger partial charge in [0.25, 0.3) is 0 Å². The molecule has 0 saturated carbocycles. The van der Waals surface area contributed by atoms with Crippen LogP contribution in [0.15, 0.2) is 24.3 Å². The van der Waals surface area contributed by atoms with Crippen molar-refractivity contribution in [2.24, 2.45) is 11.7 Å². The van der Waals surface area contributed by atoms with Gasteiger partial charge in [0.2, 0.25) is 0 Å². The fraction of sp³-hybridized carbons (Fsp3) is 0.625. The highest BCUT2D eigenvalue weighted by molar-refractivity contribution is 5.37. The molecule has 0 aliphatic heterocycles. The number of rotatable bonds is 6. The molecular weight excluding hydrogens is 236 g/mol. The highest BCUT2D eigenvalue weighted by Crippen LogP contribution is 2.36. The SMILES string of the molecule is CCC(CC)C(O)CNC1CC(N)c2ccccc21. The molecule has 0 radical (unpaired) electrons. The van der Waals surface area contributed by atoms with Crippen LogP contribution in [0.5, 0.6) is 0 Å². The summed E-state index contributed by atoms with van der Waals surface area (Å²) in [5, 5.41) is 13.7. The molecule has 1 aliphatic rings. The zero-order chi connectivity index (χ0) is 13.8. The van der Waals surface area contributed by atoms with E-state index in [0.717, 1.165) is 19.3 Å². The minimum Gasteiger partial charge on any atom is -0.392 e. The molecule has 4 N–H and O–H groups in total. The van der Waals surface area contributed by atoms with E-state index < -0.39 is 0 Å². The normalized spacial score (nSPS) is 23.6. The number of nitrogens with two attached hydrogens (primary N) is 1. The van der Waals surface area contributed by atoms with Crippen LogP contribution in [0.1, 0.15) is 56.3 Å². The summed E-state index contributed by atoms with van der Waals surface area (Å²) in [4.78, 5) is 0. The van der Waals surface area contributed by atoms with Gasteiger partial charge in [-0.1, -0.05) is 51.0 Å². The maximum Gasteiger partial charge on any atom is 0.0692 e. The molecule has 0 fully saturated rings. The molecule has 106 valence electrons. The van der Waals surface area contributed by atoms with E-state index in [-0.39, 0.29) is 18.2 Å². The first kappa shape index (κ1) is 14.5. The number of fused-ring (bicyclic) bond motifs is 1. The second-order valence-corrected chi connectivity index (χ2v) is 5.58. The van der Waals surface area contributed by atoms with E-state index in [1.54, 1.807) is 0 Å². The third-order valence-electron chi connectivity index (χ3n) is 4.43. The highest BCUT2D eigenvalue weighted by atomic mass is 16.3. The molecule has 19 heavy (non-hydrogen) atoms. The van der Waals surface area contributed by atoms with Gasteiger partial charge < -0.3 is 16.2 Å². The van der Waals surface area contributed by atoms with E-state index in [1.165, 1.54) is 11.1 Å². The smallest absolute Gasteiger partial charge is 0.0692 e. The Morgan fingerprint density at radius 2 is 1.89 bits per heavy atom. The van der Waals surface area contributed by atoms with Crippen LogP contribution in [-0.4, -0.2) is 17.8 Å². The molecule has 1 aromatic rings.